The molecule has 6 nitrogen and oxygen atoms in total. The third-order valence-corrected chi connectivity index (χ3v) is 4.24. The van der Waals surface area contributed by atoms with Crippen LogP contribution in [0.2, 0.25) is 0 Å². The Labute approximate surface area is 148 Å². The first kappa shape index (κ1) is 17.5. The molecule has 134 valence electrons. The van der Waals surface area contributed by atoms with Crippen LogP contribution in [-0.4, -0.2) is 52.7 Å². The lowest BCUT2D eigenvalue weighted by atomic mass is 10.1. The normalized spacial score (nSPS) is 16.2. The number of pyridine rings is 1. The number of nitrogens with two attached hydrogens (primary N) is 1. The van der Waals surface area contributed by atoms with E-state index in [1.807, 2.05) is 45.0 Å². The molecule has 0 unspecified atom stereocenters. The molecule has 0 radical (unpaired) electrons. The number of rotatable bonds is 2. The van der Waals surface area contributed by atoms with E-state index in [1.54, 1.807) is 4.90 Å². The monoisotopic (exact) mass is 342 g/mol. The Kier molecular flexibility index (Phi) is 4.81. The number of carbonyl (C=O) groups is 1. The maximum atomic E-state index is 12.2. The topological polar surface area (TPSA) is 71.7 Å². The van der Waals surface area contributed by atoms with Crippen LogP contribution in [0.15, 0.2) is 30.3 Å². The number of piperazine rings is 1. The Morgan fingerprint density at radius 1 is 1.20 bits per heavy atom. The number of anilines is 1. The molecule has 3 rings (SSSR count). The molecular weight excluding hydrogens is 316 g/mol. The molecule has 0 aliphatic carbocycles. The zero-order valence-corrected chi connectivity index (χ0v) is 15.2. The highest BCUT2D eigenvalue weighted by Gasteiger charge is 2.26. The van der Waals surface area contributed by atoms with Gasteiger partial charge in [0.2, 0.25) is 0 Å². The molecule has 0 saturated carbocycles. The number of hydrogen-bond donors (Lipinski definition) is 1. The summed E-state index contributed by atoms with van der Waals surface area (Å²) >= 11 is 0. The van der Waals surface area contributed by atoms with E-state index in [9.17, 15) is 4.79 Å². The van der Waals surface area contributed by atoms with Crippen LogP contribution in [0.4, 0.5) is 10.6 Å². The van der Waals surface area contributed by atoms with E-state index in [0.717, 1.165) is 30.5 Å². The molecule has 0 atom stereocenters. The first-order valence-electron chi connectivity index (χ1n) is 8.66. The molecule has 0 bridgehead atoms. The van der Waals surface area contributed by atoms with E-state index in [-0.39, 0.29) is 6.09 Å². The van der Waals surface area contributed by atoms with Crippen LogP contribution in [0.3, 0.4) is 0 Å². The lowest BCUT2D eigenvalue weighted by molar-refractivity contribution is 0.0139. The van der Waals surface area contributed by atoms with Crippen LogP contribution < -0.4 is 5.73 Å². The van der Waals surface area contributed by atoms with E-state index in [0.29, 0.717) is 18.9 Å². The standard InChI is InChI=1S/C19H26N4O2/c1-19(2,3)25-18(24)23-10-8-22(9-11-23)13-14-12-17(20)21-16-7-5-4-6-15(14)16/h4-7,12H,8-11,13H2,1-3H3,(H2,20,21). The molecule has 1 aromatic carbocycles. The lowest BCUT2D eigenvalue weighted by Gasteiger charge is -2.35. The van der Waals surface area contributed by atoms with Crippen molar-refractivity contribution in [3.8, 4) is 0 Å². The smallest absolute Gasteiger partial charge is 0.410 e. The molecule has 1 aromatic heterocycles. The molecule has 25 heavy (non-hydrogen) atoms. The number of para-hydroxylation sites is 1. The van der Waals surface area contributed by atoms with Gasteiger partial charge in [-0.1, -0.05) is 18.2 Å². The summed E-state index contributed by atoms with van der Waals surface area (Å²) in [5, 5.41) is 1.13. The Bertz CT molecular complexity index is 762. The van der Waals surface area contributed by atoms with Crippen molar-refractivity contribution in [2.75, 3.05) is 31.9 Å². The quantitative estimate of drug-likeness (QED) is 0.908. The molecule has 2 aromatic rings. The van der Waals surface area contributed by atoms with Gasteiger partial charge in [0.1, 0.15) is 11.4 Å². The number of hydrogen-bond acceptors (Lipinski definition) is 5. The zero-order chi connectivity index (χ0) is 18.0. The summed E-state index contributed by atoms with van der Waals surface area (Å²) in [6, 6.07) is 9.99. The number of amides is 1. The second-order valence-electron chi connectivity index (χ2n) is 7.47. The predicted octanol–water partition coefficient (Wildman–Crippen LogP) is 2.87. The van der Waals surface area contributed by atoms with Crippen LogP contribution in [0.25, 0.3) is 10.9 Å². The largest absolute Gasteiger partial charge is 0.444 e. The Balaban J connectivity index is 1.64. The van der Waals surface area contributed by atoms with E-state index >= 15 is 0 Å². The number of nitrogen functional groups attached to an aromatic ring is 1. The summed E-state index contributed by atoms with van der Waals surface area (Å²) in [7, 11) is 0. The highest BCUT2D eigenvalue weighted by Crippen LogP contribution is 2.21. The van der Waals surface area contributed by atoms with Crippen molar-refractivity contribution >= 4 is 22.8 Å². The summed E-state index contributed by atoms with van der Waals surface area (Å²) in [6.07, 6.45) is -0.231. The van der Waals surface area contributed by atoms with Gasteiger partial charge < -0.3 is 15.4 Å². The second-order valence-corrected chi connectivity index (χ2v) is 7.47. The van der Waals surface area contributed by atoms with E-state index in [2.05, 4.69) is 16.0 Å². The van der Waals surface area contributed by atoms with Gasteiger partial charge in [0, 0.05) is 38.1 Å². The highest BCUT2D eigenvalue weighted by molar-refractivity contribution is 5.83. The van der Waals surface area contributed by atoms with Crippen molar-refractivity contribution in [3.63, 3.8) is 0 Å². The molecule has 2 N–H and O–H groups in total. The third-order valence-electron chi connectivity index (χ3n) is 4.24. The van der Waals surface area contributed by atoms with Gasteiger partial charge in [-0.05, 0) is 38.5 Å². The van der Waals surface area contributed by atoms with Crippen molar-refractivity contribution < 1.29 is 9.53 Å². The first-order valence-corrected chi connectivity index (χ1v) is 8.66. The highest BCUT2D eigenvalue weighted by atomic mass is 16.6. The molecule has 1 aliphatic rings. The Hall–Kier alpha value is -2.34. The van der Waals surface area contributed by atoms with Crippen LogP contribution in [0.5, 0.6) is 0 Å². The summed E-state index contributed by atoms with van der Waals surface area (Å²) < 4.78 is 5.45. The SMILES string of the molecule is CC(C)(C)OC(=O)N1CCN(Cc2cc(N)nc3ccccc23)CC1. The van der Waals surface area contributed by atoms with Gasteiger partial charge >= 0.3 is 6.09 Å². The Morgan fingerprint density at radius 3 is 2.56 bits per heavy atom. The first-order chi connectivity index (χ1) is 11.8. The van der Waals surface area contributed by atoms with Crippen molar-refractivity contribution in [3.05, 3.63) is 35.9 Å². The van der Waals surface area contributed by atoms with Crippen LogP contribution in [0.1, 0.15) is 26.3 Å². The molecule has 0 spiro atoms. The average Bonchev–Trinajstić information content (AvgIpc) is 2.53. The fraction of sp³-hybridized carbons (Fsp3) is 0.474. The Morgan fingerprint density at radius 2 is 1.88 bits per heavy atom. The van der Waals surface area contributed by atoms with Crippen molar-refractivity contribution in [1.29, 1.82) is 0 Å². The molecule has 1 aliphatic heterocycles. The zero-order valence-electron chi connectivity index (χ0n) is 15.2. The summed E-state index contributed by atoms with van der Waals surface area (Å²) in [4.78, 5) is 20.7. The number of nitrogens with zero attached hydrogens (tertiary/aromatic N) is 3. The number of benzene rings is 1. The van der Waals surface area contributed by atoms with Crippen LogP contribution in [0, 0.1) is 0 Å². The number of carbonyl (C=O) groups excluding carboxylic acids is 1. The fourth-order valence-corrected chi connectivity index (χ4v) is 3.06. The van der Waals surface area contributed by atoms with Gasteiger partial charge in [-0.2, -0.15) is 0 Å². The fourth-order valence-electron chi connectivity index (χ4n) is 3.06. The van der Waals surface area contributed by atoms with Gasteiger partial charge in [0.05, 0.1) is 5.52 Å². The van der Waals surface area contributed by atoms with Gasteiger partial charge in [0.15, 0.2) is 0 Å². The molecule has 1 amide bonds. The molecule has 2 heterocycles. The molecule has 1 saturated heterocycles. The van der Waals surface area contributed by atoms with E-state index in [1.165, 1.54) is 5.56 Å². The average molecular weight is 342 g/mol. The maximum absolute atomic E-state index is 12.2. The minimum absolute atomic E-state index is 0.231. The number of fused-ring (bicyclic) bond motifs is 1. The number of ether oxygens (including phenoxy) is 1. The second kappa shape index (κ2) is 6.88. The van der Waals surface area contributed by atoms with Crippen molar-refractivity contribution in [1.82, 2.24) is 14.8 Å². The third kappa shape index (κ3) is 4.39. The summed E-state index contributed by atoms with van der Waals surface area (Å²) in [6.45, 7) is 9.45. The predicted molar refractivity (Wildman–Crippen MR) is 99.2 cm³/mol. The van der Waals surface area contributed by atoms with Gasteiger partial charge in [-0.3, -0.25) is 4.90 Å². The number of aromatic nitrogens is 1. The lowest BCUT2D eigenvalue weighted by Crippen LogP contribution is -2.49. The summed E-state index contributed by atoms with van der Waals surface area (Å²) in [5.74, 6) is 0.543. The van der Waals surface area contributed by atoms with Crippen LogP contribution >= 0.6 is 0 Å². The van der Waals surface area contributed by atoms with Gasteiger partial charge in [-0.25, -0.2) is 9.78 Å². The van der Waals surface area contributed by atoms with Gasteiger partial charge in [0.25, 0.3) is 0 Å². The van der Waals surface area contributed by atoms with Gasteiger partial charge in [-0.15, -0.1) is 0 Å². The molecule has 6 heteroatoms. The van der Waals surface area contributed by atoms with Crippen molar-refractivity contribution in [2.45, 2.75) is 32.9 Å². The maximum Gasteiger partial charge on any atom is 0.410 e. The molecule has 1 fully saturated rings. The minimum Gasteiger partial charge on any atom is -0.444 e. The van der Waals surface area contributed by atoms with Crippen LogP contribution in [-0.2, 0) is 11.3 Å². The molecular formula is C19H26N4O2. The van der Waals surface area contributed by atoms with Crippen molar-refractivity contribution in [2.24, 2.45) is 0 Å². The van der Waals surface area contributed by atoms with E-state index in [4.69, 9.17) is 10.5 Å². The van der Waals surface area contributed by atoms with E-state index < -0.39 is 5.60 Å². The minimum atomic E-state index is -0.457. The summed E-state index contributed by atoms with van der Waals surface area (Å²) in [5.41, 5.74) is 7.59.